The van der Waals surface area contributed by atoms with Crippen LogP contribution in [0.5, 0.6) is 0 Å². The van der Waals surface area contributed by atoms with Crippen molar-refractivity contribution in [2.75, 3.05) is 12.3 Å². The fraction of sp³-hybridized carbons (Fsp3) is 0.368. The lowest BCUT2D eigenvalue weighted by molar-refractivity contribution is 0.626. The number of nitrogens with one attached hydrogen (secondary N) is 1. The van der Waals surface area contributed by atoms with E-state index in [1.165, 1.54) is 6.07 Å². The first-order chi connectivity index (χ1) is 12.0. The summed E-state index contributed by atoms with van der Waals surface area (Å²) in [6, 6.07) is 8.77. The summed E-state index contributed by atoms with van der Waals surface area (Å²) in [5, 5.41) is 5.38. The molecule has 3 rings (SSSR count). The second-order valence-electron chi connectivity index (χ2n) is 6.60. The van der Waals surface area contributed by atoms with Gasteiger partial charge in [0.2, 0.25) is 0 Å². The summed E-state index contributed by atoms with van der Waals surface area (Å²) >= 11 is 1.67. The second-order valence-corrected chi connectivity index (χ2v) is 7.56. The van der Waals surface area contributed by atoms with Gasteiger partial charge >= 0.3 is 0 Å². The minimum atomic E-state index is -0.232. The Hall–Kier alpha value is -2.08. The minimum absolute atomic E-state index is 0.232. The maximum atomic E-state index is 13.6. The average Bonchev–Trinajstić information content (AvgIpc) is 2.88. The molecule has 1 aliphatic rings. The molecule has 6 heteroatoms. The van der Waals surface area contributed by atoms with Crippen molar-refractivity contribution in [1.29, 1.82) is 0 Å². The predicted molar refractivity (Wildman–Crippen MR) is 104 cm³/mol. The summed E-state index contributed by atoms with van der Waals surface area (Å²) in [4.78, 5) is 4.53. The number of hydrazone groups is 1. The van der Waals surface area contributed by atoms with E-state index >= 15 is 0 Å². The number of hydrogen-bond donors (Lipinski definition) is 1. The van der Waals surface area contributed by atoms with Crippen LogP contribution in [0.15, 0.2) is 40.4 Å². The molecule has 1 aromatic carbocycles. The van der Waals surface area contributed by atoms with E-state index in [0.717, 1.165) is 45.8 Å². The number of nitrogens with zero attached hydrogens (tertiary/aromatic N) is 3. The number of aliphatic imine (C=N–C) groups is 1. The standard InChI is InChI=1S/C19H23FN4S/c1-12(2)10-21-19-23-22-18(11-25-19)17-8-13(3)24(14(17)4)16-7-5-6-15(20)9-16/h5-9,12H,10-11H2,1-4H3,(H,21,23). The van der Waals surface area contributed by atoms with Gasteiger partial charge in [-0.05, 0) is 44.0 Å². The van der Waals surface area contributed by atoms with Gasteiger partial charge in [-0.25, -0.2) is 4.39 Å². The van der Waals surface area contributed by atoms with E-state index in [1.54, 1.807) is 23.9 Å². The number of amidine groups is 1. The van der Waals surface area contributed by atoms with E-state index in [2.05, 4.69) is 40.0 Å². The molecule has 1 aromatic heterocycles. The summed E-state index contributed by atoms with van der Waals surface area (Å²) in [6.45, 7) is 9.17. The maximum absolute atomic E-state index is 13.6. The van der Waals surface area contributed by atoms with E-state index < -0.39 is 0 Å². The van der Waals surface area contributed by atoms with Gasteiger partial charge in [0.1, 0.15) is 5.82 Å². The van der Waals surface area contributed by atoms with Crippen LogP contribution in [0.25, 0.3) is 5.69 Å². The number of aryl methyl sites for hydroxylation is 1. The maximum Gasteiger partial charge on any atom is 0.177 e. The van der Waals surface area contributed by atoms with Crippen molar-refractivity contribution in [3.8, 4) is 5.69 Å². The first-order valence-corrected chi connectivity index (χ1v) is 9.39. The van der Waals surface area contributed by atoms with Crippen molar-refractivity contribution in [3.63, 3.8) is 0 Å². The highest BCUT2D eigenvalue weighted by Gasteiger charge is 2.19. The summed E-state index contributed by atoms with van der Waals surface area (Å²) in [5.74, 6) is 1.08. The molecule has 0 aliphatic carbocycles. The molecular weight excluding hydrogens is 335 g/mol. The van der Waals surface area contributed by atoms with Gasteiger partial charge in [-0.1, -0.05) is 31.7 Å². The zero-order chi connectivity index (χ0) is 18.0. The van der Waals surface area contributed by atoms with Gasteiger partial charge in [-0.15, -0.1) is 0 Å². The Kier molecular flexibility index (Phi) is 5.27. The largest absolute Gasteiger partial charge is 0.318 e. The zero-order valence-corrected chi connectivity index (χ0v) is 15.8. The van der Waals surface area contributed by atoms with Gasteiger partial charge in [-0.3, -0.25) is 10.4 Å². The molecule has 0 radical (unpaired) electrons. The van der Waals surface area contributed by atoms with E-state index in [0.29, 0.717) is 5.92 Å². The molecule has 2 heterocycles. The molecule has 0 amide bonds. The van der Waals surface area contributed by atoms with Gasteiger partial charge in [0.05, 0.1) is 5.71 Å². The van der Waals surface area contributed by atoms with Crippen molar-refractivity contribution < 1.29 is 4.39 Å². The van der Waals surface area contributed by atoms with Crippen LogP contribution in [-0.2, 0) is 0 Å². The van der Waals surface area contributed by atoms with Crippen LogP contribution in [0.2, 0.25) is 0 Å². The molecule has 0 spiro atoms. The smallest absolute Gasteiger partial charge is 0.177 e. The van der Waals surface area contributed by atoms with E-state index in [1.807, 2.05) is 19.9 Å². The van der Waals surface area contributed by atoms with Crippen molar-refractivity contribution in [2.24, 2.45) is 16.0 Å². The molecule has 0 fully saturated rings. The summed E-state index contributed by atoms with van der Waals surface area (Å²) in [7, 11) is 0. The minimum Gasteiger partial charge on any atom is -0.318 e. The third kappa shape index (κ3) is 3.95. The second kappa shape index (κ2) is 7.44. The van der Waals surface area contributed by atoms with Crippen LogP contribution >= 0.6 is 11.8 Å². The highest BCUT2D eigenvalue weighted by molar-refractivity contribution is 8.14. The van der Waals surface area contributed by atoms with Crippen molar-refractivity contribution in [3.05, 3.63) is 53.1 Å². The van der Waals surface area contributed by atoms with Gasteiger partial charge < -0.3 is 4.57 Å². The molecule has 1 aliphatic heterocycles. The topological polar surface area (TPSA) is 41.7 Å². The lowest BCUT2D eigenvalue weighted by Gasteiger charge is -2.16. The number of benzene rings is 1. The Bertz CT molecular complexity index is 836. The monoisotopic (exact) mass is 358 g/mol. The highest BCUT2D eigenvalue weighted by Crippen LogP contribution is 2.24. The summed E-state index contributed by atoms with van der Waals surface area (Å²) < 4.78 is 15.6. The quantitative estimate of drug-likeness (QED) is 0.886. The Balaban J connectivity index is 1.88. The van der Waals surface area contributed by atoms with Gasteiger partial charge in [0.25, 0.3) is 0 Å². The van der Waals surface area contributed by atoms with E-state index in [4.69, 9.17) is 0 Å². The fourth-order valence-corrected chi connectivity index (χ4v) is 3.64. The normalized spacial score (nSPS) is 16.2. The third-order valence-electron chi connectivity index (χ3n) is 4.04. The Labute approximate surface area is 152 Å². The summed E-state index contributed by atoms with van der Waals surface area (Å²) in [6.07, 6.45) is 0. The molecule has 25 heavy (non-hydrogen) atoms. The van der Waals surface area contributed by atoms with Crippen molar-refractivity contribution >= 4 is 22.6 Å². The predicted octanol–water partition coefficient (Wildman–Crippen LogP) is 4.29. The zero-order valence-electron chi connectivity index (χ0n) is 15.0. The van der Waals surface area contributed by atoms with Crippen molar-refractivity contribution in [2.45, 2.75) is 27.7 Å². The fourth-order valence-electron chi connectivity index (χ4n) is 2.87. The Morgan fingerprint density at radius 2 is 2.12 bits per heavy atom. The number of aromatic nitrogens is 1. The van der Waals surface area contributed by atoms with Gasteiger partial charge in [-0.2, -0.15) is 5.10 Å². The van der Waals surface area contributed by atoms with Crippen LogP contribution < -0.4 is 5.43 Å². The van der Waals surface area contributed by atoms with E-state index in [-0.39, 0.29) is 5.82 Å². The Morgan fingerprint density at radius 3 is 2.76 bits per heavy atom. The van der Waals surface area contributed by atoms with Gasteiger partial charge in [0.15, 0.2) is 5.17 Å². The lowest BCUT2D eigenvalue weighted by atomic mass is 10.1. The number of thioether (sulfide) groups is 1. The molecule has 132 valence electrons. The van der Waals surface area contributed by atoms with Crippen LogP contribution in [0.4, 0.5) is 4.39 Å². The first kappa shape index (κ1) is 17.7. The molecule has 1 N–H and O–H groups in total. The molecular formula is C19H23FN4S. The van der Waals surface area contributed by atoms with Crippen LogP contribution in [-0.4, -0.2) is 27.7 Å². The Morgan fingerprint density at radius 1 is 1.32 bits per heavy atom. The average molecular weight is 358 g/mol. The van der Waals surface area contributed by atoms with E-state index in [9.17, 15) is 4.39 Å². The van der Waals surface area contributed by atoms with Crippen LogP contribution in [0, 0.1) is 25.6 Å². The SMILES string of the molecule is Cc1cc(C2=NNC(=NCC(C)C)SC2)c(C)n1-c1cccc(F)c1. The molecule has 0 saturated heterocycles. The molecule has 0 atom stereocenters. The highest BCUT2D eigenvalue weighted by atomic mass is 32.2. The molecule has 0 saturated carbocycles. The van der Waals surface area contributed by atoms with Crippen LogP contribution in [0.3, 0.4) is 0 Å². The van der Waals surface area contributed by atoms with Crippen LogP contribution in [0.1, 0.15) is 30.8 Å². The number of rotatable bonds is 4. The molecule has 0 bridgehead atoms. The van der Waals surface area contributed by atoms with Crippen molar-refractivity contribution in [1.82, 2.24) is 9.99 Å². The first-order valence-electron chi connectivity index (χ1n) is 8.40. The third-order valence-corrected chi connectivity index (χ3v) is 4.95. The van der Waals surface area contributed by atoms with Gasteiger partial charge in [0, 0.05) is 34.9 Å². The molecule has 2 aromatic rings. The lowest BCUT2D eigenvalue weighted by Crippen LogP contribution is -2.26. The number of halogens is 1. The molecule has 4 nitrogen and oxygen atoms in total. The molecule has 0 unspecified atom stereocenters. The summed E-state index contributed by atoms with van der Waals surface area (Å²) in [5.41, 5.74) is 8.09. The number of hydrogen-bond acceptors (Lipinski definition) is 3.